The Labute approximate surface area is 320 Å². The maximum Gasteiger partial charge on any atom is 0.472 e. The Hall–Kier alpha value is -1.06. The molecule has 0 aliphatic rings. The average Bonchev–Trinajstić information content (AvgIpc) is 3.09. The number of carbonyl (C=O) groups is 1. The summed E-state index contributed by atoms with van der Waals surface area (Å²) in [6.45, 7) is 5.33. The number of carbonyl (C=O) groups excluding carboxylic acids is 1. The van der Waals surface area contributed by atoms with Crippen LogP contribution in [-0.4, -0.2) is 86.8 Å². The summed E-state index contributed by atoms with van der Waals surface area (Å²) in [6.07, 6.45) is 35.4. The fourth-order valence-corrected chi connectivity index (χ4v) is 6.46. The largest absolute Gasteiger partial charge is 0.472 e. The molecule has 0 aromatic carbocycles. The molecule has 9 nitrogen and oxygen atoms in total. The van der Waals surface area contributed by atoms with Crippen molar-refractivity contribution in [3.8, 4) is 0 Å². The fourth-order valence-electron chi connectivity index (χ4n) is 5.72. The van der Waals surface area contributed by atoms with Gasteiger partial charge in [0, 0.05) is 13.0 Å². The van der Waals surface area contributed by atoms with Crippen molar-refractivity contribution in [3.05, 3.63) is 24.3 Å². The molecule has 3 atom stereocenters. The Balaban J connectivity index is 4.30. The van der Waals surface area contributed by atoms with Gasteiger partial charge in [-0.1, -0.05) is 160 Å². The Bertz CT molecular complexity index is 907. The van der Waals surface area contributed by atoms with Crippen LogP contribution in [0.25, 0.3) is 0 Å². The third kappa shape index (κ3) is 38.7. The van der Waals surface area contributed by atoms with Gasteiger partial charge in [0.25, 0.3) is 0 Å². The van der Waals surface area contributed by atoms with Gasteiger partial charge in [0.05, 0.1) is 33.9 Å². The molecule has 10 heteroatoms. The second-order valence-electron chi connectivity index (χ2n) is 15.6. The minimum Gasteiger partial charge on any atom is -0.463 e. The number of esters is 1. The predicted molar refractivity (Wildman–Crippen MR) is 216 cm³/mol. The van der Waals surface area contributed by atoms with Crippen molar-refractivity contribution >= 4 is 13.8 Å². The van der Waals surface area contributed by atoms with Gasteiger partial charge in [-0.25, -0.2) is 4.57 Å². The lowest BCUT2D eigenvalue weighted by Gasteiger charge is -2.24. The van der Waals surface area contributed by atoms with E-state index in [1.807, 2.05) is 39.4 Å². The normalized spacial score (nSPS) is 14.7. The van der Waals surface area contributed by atoms with Crippen molar-refractivity contribution < 1.29 is 42.4 Å². The van der Waals surface area contributed by atoms with Crippen molar-refractivity contribution in [1.29, 1.82) is 0 Å². The number of aliphatic hydroxyl groups is 1. The van der Waals surface area contributed by atoms with E-state index in [9.17, 15) is 19.4 Å². The molecular weight excluding hydrogens is 677 g/mol. The molecule has 52 heavy (non-hydrogen) atoms. The van der Waals surface area contributed by atoms with Crippen LogP contribution in [-0.2, 0) is 27.9 Å². The van der Waals surface area contributed by atoms with Crippen LogP contribution >= 0.6 is 7.82 Å². The summed E-state index contributed by atoms with van der Waals surface area (Å²) < 4.78 is 34.9. The number of nitrogens with zero attached hydrogens (tertiary/aromatic N) is 1. The second-order valence-corrected chi connectivity index (χ2v) is 17.0. The number of likely N-dealkylation sites (N-methyl/N-ethyl adjacent to an activating group) is 1. The van der Waals surface area contributed by atoms with Crippen molar-refractivity contribution in [2.75, 3.05) is 54.1 Å². The molecule has 0 aromatic rings. The second kappa shape index (κ2) is 35.6. The summed E-state index contributed by atoms with van der Waals surface area (Å²) in [4.78, 5) is 22.6. The van der Waals surface area contributed by atoms with E-state index < -0.39 is 13.9 Å². The van der Waals surface area contributed by atoms with E-state index in [1.54, 1.807) is 0 Å². The molecule has 0 aliphatic heterocycles. The monoisotopic (exact) mass is 761 g/mol. The van der Waals surface area contributed by atoms with Crippen LogP contribution in [0.2, 0.25) is 0 Å². The summed E-state index contributed by atoms with van der Waals surface area (Å²) in [5, 5.41) is 9.93. The highest BCUT2D eigenvalue weighted by molar-refractivity contribution is 7.47. The average molecular weight is 761 g/mol. The van der Waals surface area contributed by atoms with Crippen molar-refractivity contribution in [1.82, 2.24) is 0 Å². The first-order valence-electron chi connectivity index (χ1n) is 21.2. The van der Waals surface area contributed by atoms with Gasteiger partial charge in [-0.3, -0.25) is 13.8 Å². The first kappa shape index (κ1) is 50.9. The number of phosphoric ester groups is 1. The molecule has 0 fully saturated rings. The van der Waals surface area contributed by atoms with Crippen molar-refractivity contribution in [3.63, 3.8) is 0 Å². The number of quaternary nitrogens is 1. The van der Waals surface area contributed by atoms with E-state index >= 15 is 0 Å². The van der Waals surface area contributed by atoms with Gasteiger partial charge >= 0.3 is 13.8 Å². The third-order valence-corrected chi connectivity index (χ3v) is 10.1. The minimum atomic E-state index is -4.25. The highest BCUT2D eigenvalue weighted by Crippen LogP contribution is 2.43. The molecule has 2 unspecified atom stereocenters. The summed E-state index contributed by atoms with van der Waals surface area (Å²) >= 11 is 0. The number of phosphoric acid groups is 1. The van der Waals surface area contributed by atoms with E-state index in [-0.39, 0.29) is 31.9 Å². The molecule has 0 heterocycles. The maximum absolute atomic E-state index is 12.5. The highest BCUT2D eigenvalue weighted by Gasteiger charge is 2.25. The molecular formula is C42H83NO8P+. The van der Waals surface area contributed by atoms with Crippen LogP contribution < -0.4 is 0 Å². The van der Waals surface area contributed by atoms with E-state index in [0.717, 1.165) is 70.6 Å². The van der Waals surface area contributed by atoms with Gasteiger partial charge < -0.3 is 24.0 Å². The first-order valence-corrected chi connectivity index (χ1v) is 22.7. The number of rotatable bonds is 39. The zero-order valence-corrected chi connectivity index (χ0v) is 35.3. The molecule has 0 aromatic heterocycles. The Morgan fingerprint density at radius 1 is 0.673 bits per heavy atom. The van der Waals surface area contributed by atoms with Crippen LogP contribution in [0.1, 0.15) is 174 Å². The van der Waals surface area contributed by atoms with Gasteiger partial charge in [-0.2, -0.15) is 0 Å². The van der Waals surface area contributed by atoms with Crippen LogP contribution in [0.3, 0.4) is 0 Å². The van der Waals surface area contributed by atoms with Crippen molar-refractivity contribution in [2.24, 2.45) is 0 Å². The number of unbranched alkanes of at least 4 members (excludes halogenated alkanes) is 20. The number of allylic oxidation sites excluding steroid dienone is 3. The molecule has 0 bridgehead atoms. The molecule has 0 amide bonds. The topological polar surface area (TPSA) is 112 Å². The number of aliphatic hydroxyl groups excluding tert-OH is 1. The summed E-state index contributed by atoms with van der Waals surface area (Å²) in [5.41, 5.74) is 0. The van der Waals surface area contributed by atoms with Crippen LogP contribution in [0.15, 0.2) is 24.3 Å². The van der Waals surface area contributed by atoms with Crippen LogP contribution in [0.5, 0.6) is 0 Å². The highest BCUT2D eigenvalue weighted by atomic mass is 31.2. The third-order valence-electron chi connectivity index (χ3n) is 9.16. The lowest BCUT2D eigenvalue weighted by molar-refractivity contribution is -0.870. The lowest BCUT2D eigenvalue weighted by atomic mass is 10.0. The van der Waals surface area contributed by atoms with E-state index in [2.05, 4.69) is 19.9 Å². The van der Waals surface area contributed by atoms with Crippen molar-refractivity contribution in [2.45, 2.75) is 187 Å². The van der Waals surface area contributed by atoms with E-state index in [0.29, 0.717) is 24.1 Å². The molecule has 308 valence electrons. The molecule has 0 radical (unpaired) electrons. The van der Waals surface area contributed by atoms with E-state index in [1.165, 1.54) is 83.5 Å². The van der Waals surface area contributed by atoms with Gasteiger partial charge in [-0.15, -0.1) is 0 Å². The number of ether oxygens (including phenoxy) is 2. The van der Waals surface area contributed by atoms with Gasteiger partial charge in [0.15, 0.2) is 0 Å². The minimum absolute atomic E-state index is 0.0172. The maximum atomic E-state index is 12.5. The van der Waals surface area contributed by atoms with Crippen LogP contribution in [0.4, 0.5) is 0 Å². The number of hydrogen-bond acceptors (Lipinski definition) is 7. The smallest absolute Gasteiger partial charge is 0.463 e. The Morgan fingerprint density at radius 2 is 1.21 bits per heavy atom. The van der Waals surface area contributed by atoms with Gasteiger partial charge in [0.2, 0.25) is 0 Å². The van der Waals surface area contributed by atoms with Crippen LogP contribution in [0, 0.1) is 0 Å². The van der Waals surface area contributed by atoms with Gasteiger partial charge in [-0.05, 0) is 32.1 Å². The summed E-state index contributed by atoms with van der Waals surface area (Å²) in [7, 11) is 1.67. The zero-order chi connectivity index (χ0) is 38.6. The lowest BCUT2D eigenvalue weighted by Crippen LogP contribution is -2.37. The standard InChI is InChI=1S/C42H82NO8P/c1-6-8-10-11-12-13-14-15-16-20-23-26-30-34-42(45)49-38-41(39-51-52(46,47)50-37-35-43(3,4)5)48-36-31-27-24-21-18-17-19-22-25-29-33-40(44)32-28-9-7-2/h22,25,29,33,40-41,44H,6-21,23-24,26-28,30-32,34-39H2,1-5H3/p+1/b25-22+,33-29+/t40?,41-/m1/s1. The quantitative estimate of drug-likeness (QED) is 0.0209. The summed E-state index contributed by atoms with van der Waals surface area (Å²) in [6, 6.07) is 0. The molecule has 0 saturated carbocycles. The SMILES string of the molecule is CCCCCCCCCCCCCCCC(=O)OC[C@H](COP(=O)(O)OCC[N+](C)(C)C)OCCCCCCCC/C=C/C=C/C(O)CCCCC. The fraction of sp³-hybridized carbons (Fsp3) is 0.881. The first-order chi connectivity index (χ1) is 25.0. The summed E-state index contributed by atoms with van der Waals surface area (Å²) in [5.74, 6) is -0.270. The number of hydrogen-bond donors (Lipinski definition) is 2. The molecule has 0 saturated heterocycles. The molecule has 0 aliphatic carbocycles. The van der Waals surface area contributed by atoms with Gasteiger partial charge in [0.1, 0.15) is 25.9 Å². The van der Waals surface area contributed by atoms with E-state index in [4.69, 9.17) is 18.5 Å². The molecule has 2 N–H and O–H groups in total. The predicted octanol–water partition coefficient (Wildman–Crippen LogP) is 11.0. The zero-order valence-electron chi connectivity index (χ0n) is 34.4. The Morgan fingerprint density at radius 3 is 1.81 bits per heavy atom. The molecule has 0 rings (SSSR count). The Kier molecular flexibility index (Phi) is 34.9. The molecule has 0 spiro atoms.